The molecule has 1 fully saturated rings. The maximum atomic E-state index is 5.15. The van der Waals surface area contributed by atoms with Gasteiger partial charge in [0.15, 0.2) is 0 Å². The van der Waals surface area contributed by atoms with Crippen LogP contribution in [0.25, 0.3) is 0 Å². The van der Waals surface area contributed by atoms with Gasteiger partial charge in [-0.3, -0.25) is 5.01 Å². The zero-order chi connectivity index (χ0) is 15.2. The summed E-state index contributed by atoms with van der Waals surface area (Å²) in [5, 5.41) is 6.66. The van der Waals surface area contributed by atoms with E-state index in [1.54, 1.807) is 7.11 Å². The Morgan fingerprint density at radius 1 is 1.05 bits per heavy atom. The molecule has 1 saturated heterocycles. The third-order valence-electron chi connectivity index (χ3n) is 3.72. The van der Waals surface area contributed by atoms with Crippen molar-refractivity contribution in [2.45, 2.75) is 0 Å². The van der Waals surface area contributed by atoms with Crippen molar-refractivity contribution in [3.05, 3.63) is 54.2 Å². The van der Waals surface area contributed by atoms with E-state index in [2.05, 4.69) is 26.1 Å². The summed E-state index contributed by atoms with van der Waals surface area (Å²) in [6.45, 7) is 3.69. The molecule has 0 amide bonds. The highest BCUT2D eigenvalue weighted by Gasteiger charge is 2.15. The molecule has 0 spiro atoms. The number of methoxy groups -OCH3 is 1. The van der Waals surface area contributed by atoms with Gasteiger partial charge in [0.2, 0.25) is 0 Å². The van der Waals surface area contributed by atoms with Gasteiger partial charge < -0.3 is 9.64 Å². The average molecular weight is 296 g/mol. The minimum atomic E-state index is 0.862. The molecule has 5 heteroatoms. The number of hydrogen-bond donors (Lipinski definition) is 0. The van der Waals surface area contributed by atoms with Crippen LogP contribution in [0, 0.1) is 0 Å². The molecule has 0 bridgehead atoms. The Morgan fingerprint density at radius 3 is 2.45 bits per heavy atom. The van der Waals surface area contributed by atoms with Gasteiger partial charge in [0.25, 0.3) is 0 Å². The second kappa shape index (κ2) is 6.93. The van der Waals surface area contributed by atoms with E-state index < -0.39 is 0 Å². The predicted octanol–water partition coefficient (Wildman–Crippen LogP) is 2.25. The summed E-state index contributed by atoms with van der Waals surface area (Å²) in [6.07, 6.45) is 3.74. The molecule has 0 N–H and O–H groups in total. The van der Waals surface area contributed by atoms with Gasteiger partial charge in [-0.05, 0) is 42.0 Å². The first-order valence-electron chi connectivity index (χ1n) is 7.44. The highest BCUT2D eigenvalue weighted by Crippen LogP contribution is 2.13. The van der Waals surface area contributed by atoms with Crippen LogP contribution in [0.1, 0.15) is 5.56 Å². The molecular formula is C17H20N4O. The number of ether oxygens (including phenoxy) is 1. The van der Waals surface area contributed by atoms with E-state index in [0.717, 1.165) is 43.3 Å². The van der Waals surface area contributed by atoms with Crippen molar-refractivity contribution in [1.29, 1.82) is 0 Å². The lowest BCUT2D eigenvalue weighted by molar-refractivity contribution is 0.271. The monoisotopic (exact) mass is 296 g/mol. The minimum Gasteiger partial charge on any atom is -0.497 e. The predicted molar refractivity (Wildman–Crippen MR) is 88.6 cm³/mol. The number of benzene rings is 1. The summed E-state index contributed by atoms with van der Waals surface area (Å²) in [4.78, 5) is 6.69. The molecule has 1 aromatic heterocycles. The molecule has 5 nitrogen and oxygen atoms in total. The van der Waals surface area contributed by atoms with E-state index in [9.17, 15) is 0 Å². The summed E-state index contributed by atoms with van der Waals surface area (Å²) >= 11 is 0. The van der Waals surface area contributed by atoms with Crippen LogP contribution in [0.4, 0.5) is 5.82 Å². The zero-order valence-electron chi connectivity index (χ0n) is 12.7. The quantitative estimate of drug-likeness (QED) is 0.812. The Balaban J connectivity index is 1.54. The number of nitrogens with zero attached hydrogens (tertiary/aromatic N) is 4. The molecule has 3 rings (SSSR count). The molecule has 22 heavy (non-hydrogen) atoms. The van der Waals surface area contributed by atoms with E-state index >= 15 is 0 Å². The van der Waals surface area contributed by atoms with Crippen LogP contribution in [0.3, 0.4) is 0 Å². The molecule has 0 unspecified atom stereocenters. The van der Waals surface area contributed by atoms with Gasteiger partial charge in [0, 0.05) is 19.3 Å². The fourth-order valence-electron chi connectivity index (χ4n) is 2.42. The van der Waals surface area contributed by atoms with Gasteiger partial charge in [-0.15, -0.1) is 0 Å². The number of pyridine rings is 1. The molecule has 0 radical (unpaired) electrons. The van der Waals surface area contributed by atoms with E-state index in [-0.39, 0.29) is 0 Å². The van der Waals surface area contributed by atoms with Crippen molar-refractivity contribution in [2.24, 2.45) is 5.10 Å². The zero-order valence-corrected chi connectivity index (χ0v) is 12.7. The summed E-state index contributed by atoms with van der Waals surface area (Å²) < 4.78 is 5.15. The van der Waals surface area contributed by atoms with Crippen molar-refractivity contribution in [1.82, 2.24) is 9.99 Å². The molecule has 114 valence electrons. The molecule has 2 aromatic rings. The lowest BCUT2D eigenvalue weighted by atomic mass is 10.2. The fraction of sp³-hybridized carbons (Fsp3) is 0.294. The van der Waals surface area contributed by atoms with Crippen LogP contribution < -0.4 is 9.64 Å². The van der Waals surface area contributed by atoms with Crippen LogP contribution in [0.15, 0.2) is 53.8 Å². The van der Waals surface area contributed by atoms with Crippen LogP contribution in [0.5, 0.6) is 5.75 Å². The standard InChI is InChI=1S/C17H20N4O/c1-22-16-7-5-15(6-8-16)14-19-21-12-10-20(11-13-21)17-4-2-3-9-18-17/h2-9,14H,10-13H2,1H3/b19-14-. The normalized spacial score (nSPS) is 15.3. The number of hydrazone groups is 1. The number of aromatic nitrogens is 1. The van der Waals surface area contributed by atoms with Crippen LogP contribution in [-0.4, -0.2) is 49.5 Å². The van der Waals surface area contributed by atoms with E-state index in [4.69, 9.17) is 4.74 Å². The second-order valence-electron chi connectivity index (χ2n) is 5.15. The molecule has 1 aromatic carbocycles. The van der Waals surface area contributed by atoms with Crippen LogP contribution in [0.2, 0.25) is 0 Å². The third kappa shape index (κ3) is 3.55. The fourth-order valence-corrected chi connectivity index (χ4v) is 2.42. The Kier molecular flexibility index (Phi) is 4.53. The topological polar surface area (TPSA) is 41.0 Å². The lowest BCUT2D eigenvalue weighted by Crippen LogP contribution is -2.44. The molecule has 1 aliphatic rings. The first kappa shape index (κ1) is 14.4. The van der Waals surface area contributed by atoms with Crippen molar-refractivity contribution in [2.75, 3.05) is 38.2 Å². The van der Waals surface area contributed by atoms with Gasteiger partial charge in [0.1, 0.15) is 11.6 Å². The average Bonchev–Trinajstić information content (AvgIpc) is 2.61. The van der Waals surface area contributed by atoms with Gasteiger partial charge in [-0.1, -0.05) is 6.07 Å². The molecule has 0 saturated carbocycles. The van der Waals surface area contributed by atoms with Crippen LogP contribution in [-0.2, 0) is 0 Å². The Hall–Kier alpha value is -2.56. The number of anilines is 1. The molecule has 0 aliphatic carbocycles. The van der Waals surface area contributed by atoms with Gasteiger partial charge >= 0.3 is 0 Å². The van der Waals surface area contributed by atoms with E-state index in [1.165, 1.54) is 0 Å². The van der Waals surface area contributed by atoms with Gasteiger partial charge in [0.05, 0.1) is 26.4 Å². The van der Waals surface area contributed by atoms with E-state index in [0.29, 0.717) is 0 Å². The number of piperazine rings is 1. The highest BCUT2D eigenvalue weighted by molar-refractivity contribution is 5.79. The highest BCUT2D eigenvalue weighted by atomic mass is 16.5. The summed E-state index contributed by atoms with van der Waals surface area (Å²) in [5.74, 6) is 1.91. The van der Waals surface area contributed by atoms with Crippen LogP contribution >= 0.6 is 0 Å². The Morgan fingerprint density at radius 2 is 1.82 bits per heavy atom. The van der Waals surface area contributed by atoms with E-state index in [1.807, 2.05) is 48.8 Å². The largest absolute Gasteiger partial charge is 0.497 e. The molecular weight excluding hydrogens is 276 g/mol. The maximum Gasteiger partial charge on any atom is 0.128 e. The smallest absolute Gasteiger partial charge is 0.128 e. The van der Waals surface area contributed by atoms with Crippen molar-refractivity contribution in [3.8, 4) is 5.75 Å². The summed E-state index contributed by atoms with van der Waals surface area (Å²) in [5.41, 5.74) is 1.08. The molecule has 2 heterocycles. The first-order valence-corrected chi connectivity index (χ1v) is 7.44. The summed E-state index contributed by atoms with van der Waals surface area (Å²) in [7, 11) is 1.67. The number of rotatable bonds is 4. The molecule has 1 aliphatic heterocycles. The maximum absolute atomic E-state index is 5.15. The van der Waals surface area contributed by atoms with Crippen molar-refractivity contribution < 1.29 is 4.74 Å². The third-order valence-corrected chi connectivity index (χ3v) is 3.72. The first-order chi connectivity index (χ1) is 10.8. The van der Waals surface area contributed by atoms with Gasteiger partial charge in [-0.25, -0.2) is 4.98 Å². The molecule has 0 atom stereocenters. The minimum absolute atomic E-state index is 0.862. The lowest BCUT2D eigenvalue weighted by Gasteiger charge is -2.33. The van der Waals surface area contributed by atoms with Gasteiger partial charge in [-0.2, -0.15) is 5.10 Å². The van der Waals surface area contributed by atoms with Crippen molar-refractivity contribution >= 4 is 12.0 Å². The SMILES string of the molecule is COc1ccc(/C=N\N2CCN(c3ccccn3)CC2)cc1. The Bertz CT molecular complexity index is 604. The second-order valence-corrected chi connectivity index (χ2v) is 5.15. The Labute approximate surface area is 130 Å². The summed E-state index contributed by atoms with van der Waals surface area (Å²) in [6, 6.07) is 13.9. The number of hydrogen-bond acceptors (Lipinski definition) is 5. The van der Waals surface area contributed by atoms with Crippen molar-refractivity contribution in [3.63, 3.8) is 0 Å².